The molecule has 3 nitrogen and oxygen atoms in total. The van der Waals surface area contributed by atoms with Crippen molar-refractivity contribution in [2.45, 2.75) is 25.0 Å². The Morgan fingerprint density at radius 2 is 2.33 bits per heavy atom. The van der Waals surface area contributed by atoms with Crippen molar-refractivity contribution in [3.05, 3.63) is 29.3 Å². The molecule has 2 N–H and O–H groups in total. The molecule has 1 fully saturated rings. The van der Waals surface area contributed by atoms with Gasteiger partial charge in [0.05, 0.1) is 12.7 Å². The van der Waals surface area contributed by atoms with Crippen LogP contribution in [0.25, 0.3) is 0 Å². The summed E-state index contributed by atoms with van der Waals surface area (Å²) in [4.78, 5) is 0. The van der Waals surface area contributed by atoms with Crippen molar-refractivity contribution in [3.8, 4) is 5.75 Å². The van der Waals surface area contributed by atoms with E-state index in [0.29, 0.717) is 11.8 Å². The van der Waals surface area contributed by atoms with E-state index in [9.17, 15) is 5.11 Å². The number of phenolic OH excluding ortho intramolecular Hbond substituents is 1. The van der Waals surface area contributed by atoms with Gasteiger partial charge in [-0.2, -0.15) is 0 Å². The zero-order chi connectivity index (χ0) is 10.3. The fraction of sp³-hybridized carbons (Fsp3) is 0.500. The molecule has 1 saturated heterocycles. The molecule has 3 heteroatoms. The van der Waals surface area contributed by atoms with E-state index in [2.05, 4.69) is 5.32 Å². The van der Waals surface area contributed by atoms with E-state index in [1.54, 1.807) is 6.07 Å². The molecule has 1 aromatic carbocycles. The van der Waals surface area contributed by atoms with Crippen LogP contribution in [0.2, 0.25) is 0 Å². The Hall–Kier alpha value is -1.06. The number of aromatic hydroxyl groups is 1. The average Bonchev–Trinajstić information content (AvgIpc) is 2.29. The second-order valence-electron chi connectivity index (χ2n) is 4.27. The first-order valence-corrected chi connectivity index (χ1v) is 5.51. The van der Waals surface area contributed by atoms with Gasteiger partial charge in [-0.05, 0) is 36.1 Å². The van der Waals surface area contributed by atoms with Gasteiger partial charge in [0.1, 0.15) is 5.75 Å². The van der Waals surface area contributed by atoms with Crippen LogP contribution in [-0.4, -0.2) is 24.3 Å². The van der Waals surface area contributed by atoms with Crippen LogP contribution in [0, 0.1) is 0 Å². The lowest BCUT2D eigenvalue weighted by Crippen LogP contribution is -2.45. The summed E-state index contributed by atoms with van der Waals surface area (Å²) in [7, 11) is 0. The molecule has 0 saturated carbocycles. The van der Waals surface area contributed by atoms with Gasteiger partial charge in [0.2, 0.25) is 0 Å². The van der Waals surface area contributed by atoms with E-state index in [-0.39, 0.29) is 6.10 Å². The molecule has 80 valence electrons. The summed E-state index contributed by atoms with van der Waals surface area (Å²) >= 11 is 0. The lowest BCUT2D eigenvalue weighted by atomic mass is 9.85. The Kier molecular flexibility index (Phi) is 2.15. The SMILES string of the molecule is Oc1ccc2c(c1)[C@@H]1OCCN[C@@H]1CC2. The van der Waals surface area contributed by atoms with Crippen molar-refractivity contribution < 1.29 is 9.84 Å². The molecule has 0 spiro atoms. The van der Waals surface area contributed by atoms with Crippen LogP contribution in [0.5, 0.6) is 5.75 Å². The van der Waals surface area contributed by atoms with Gasteiger partial charge < -0.3 is 15.2 Å². The highest BCUT2D eigenvalue weighted by Crippen LogP contribution is 2.35. The maximum absolute atomic E-state index is 9.50. The van der Waals surface area contributed by atoms with Crippen LogP contribution in [0.1, 0.15) is 23.7 Å². The Labute approximate surface area is 89.1 Å². The molecule has 0 amide bonds. The second kappa shape index (κ2) is 3.51. The van der Waals surface area contributed by atoms with Gasteiger partial charge >= 0.3 is 0 Å². The number of ether oxygens (including phenoxy) is 1. The quantitative estimate of drug-likeness (QED) is 0.672. The maximum atomic E-state index is 9.50. The van der Waals surface area contributed by atoms with E-state index < -0.39 is 0 Å². The van der Waals surface area contributed by atoms with Crippen molar-refractivity contribution in [2.24, 2.45) is 0 Å². The van der Waals surface area contributed by atoms with E-state index in [0.717, 1.165) is 26.0 Å². The minimum atomic E-state index is 0.134. The van der Waals surface area contributed by atoms with Crippen LogP contribution in [0.15, 0.2) is 18.2 Å². The zero-order valence-corrected chi connectivity index (χ0v) is 8.57. The smallest absolute Gasteiger partial charge is 0.115 e. The fourth-order valence-electron chi connectivity index (χ4n) is 2.60. The molecule has 0 radical (unpaired) electrons. The molecular formula is C12H15NO2. The van der Waals surface area contributed by atoms with Crippen molar-refractivity contribution in [2.75, 3.05) is 13.2 Å². The van der Waals surface area contributed by atoms with Gasteiger partial charge in [0.25, 0.3) is 0 Å². The van der Waals surface area contributed by atoms with E-state index in [4.69, 9.17) is 4.74 Å². The standard InChI is InChI=1S/C12H15NO2/c14-9-3-1-8-2-4-11-12(10(8)7-9)15-6-5-13-11/h1,3,7,11-14H,2,4-6H2/t11-,12+/m1/s1. The third-order valence-corrected chi connectivity index (χ3v) is 3.33. The minimum absolute atomic E-state index is 0.134. The summed E-state index contributed by atoms with van der Waals surface area (Å²) in [6.45, 7) is 1.70. The third-order valence-electron chi connectivity index (χ3n) is 3.33. The summed E-state index contributed by atoms with van der Waals surface area (Å²) in [5, 5.41) is 13.0. The summed E-state index contributed by atoms with van der Waals surface area (Å²) in [6.07, 6.45) is 2.34. The number of morpholine rings is 1. The molecule has 1 aromatic rings. The largest absolute Gasteiger partial charge is 0.508 e. The topological polar surface area (TPSA) is 41.5 Å². The van der Waals surface area contributed by atoms with Crippen molar-refractivity contribution in [3.63, 3.8) is 0 Å². The van der Waals surface area contributed by atoms with Crippen LogP contribution in [-0.2, 0) is 11.2 Å². The van der Waals surface area contributed by atoms with Crippen molar-refractivity contribution in [1.82, 2.24) is 5.32 Å². The summed E-state index contributed by atoms with van der Waals surface area (Å²) in [5.74, 6) is 0.337. The molecule has 2 aliphatic rings. The predicted molar refractivity (Wildman–Crippen MR) is 56.9 cm³/mol. The number of benzene rings is 1. The summed E-state index contributed by atoms with van der Waals surface area (Å²) in [6, 6.07) is 6.04. The number of phenols is 1. The third kappa shape index (κ3) is 1.52. The van der Waals surface area contributed by atoms with Crippen LogP contribution in [0.3, 0.4) is 0 Å². The Bertz CT molecular complexity index is 378. The van der Waals surface area contributed by atoms with Gasteiger partial charge in [-0.1, -0.05) is 6.07 Å². The highest BCUT2D eigenvalue weighted by molar-refractivity contribution is 5.39. The molecule has 0 aromatic heterocycles. The highest BCUT2D eigenvalue weighted by atomic mass is 16.5. The maximum Gasteiger partial charge on any atom is 0.115 e. The predicted octanol–water partition coefficient (Wildman–Crippen LogP) is 1.37. The molecule has 1 aliphatic heterocycles. The number of aryl methyl sites for hydroxylation is 1. The van der Waals surface area contributed by atoms with Crippen LogP contribution < -0.4 is 5.32 Å². The second-order valence-corrected chi connectivity index (χ2v) is 4.27. The van der Waals surface area contributed by atoms with Gasteiger partial charge in [0, 0.05) is 12.6 Å². The van der Waals surface area contributed by atoms with Crippen molar-refractivity contribution in [1.29, 1.82) is 0 Å². The van der Waals surface area contributed by atoms with Crippen LogP contribution in [0.4, 0.5) is 0 Å². The fourth-order valence-corrected chi connectivity index (χ4v) is 2.60. The monoisotopic (exact) mass is 205 g/mol. The first-order chi connectivity index (χ1) is 7.34. The minimum Gasteiger partial charge on any atom is -0.508 e. The normalized spacial score (nSPS) is 29.3. The zero-order valence-electron chi connectivity index (χ0n) is 8.57. The molecule has 0 bridgehead atoms. The molecule has 0 unspecified atom stereocenters. The lowest BCUT2D eigenvalue weighted by molar-refractivity contribution is -0.0128. The van der Waals surface area contributed by atoms with E-state index in [1.165, 1.54) is 11.1 Å². The number of hydrogen-bond acceptors (Lipinski definition) is 3. The first-order valence-electron chi connectivity index (χ1n) is 5.51. The molecule has 2 atom stereocenters. The highest BCUT2D eigenvalue weighted by Gasteiger charge is 2.32. The van der Waals surface area contributed by atoms with Crippen LogP contribution >= 0.6 is 0 Å². The molecule has 15 heavy (non-hydrogen) atoms. The Balaban J connectivity index is 2.01. The average molecular weight is 205 g/mol. The number of hydrogen-bond donors (Lipinski definition) is 2. The first kappa shape index (κ1) is 9.19. The van der Waals surface area contributed by atoms with E-state index >= 15 is 0 Å². The van der Waals surface area contributed by atoms with Gasteiger partial charge in [-0.25, -0.2) is 0 Å². The van der Waals surface area contributed by atoms with Crippen molar-refractivity contribution >= 4 is 0 Å². The molecule has 3 rings (SSSR count). The number of nitrogens with one attached hydrogen (secondary N) is 1. The Morgan fingerprint density at radius 1 is 1.40 bits per heavy atom. The molecular weight excluding hydrogens is 190 g/mol. The van der Waals surface area contributed by atoms with Gasteiger partial charge in [-0.3, -0.25) is 0 Å². The van der Waals surface area contributed by atoms with Gasteiger partial charge in [-0.15, -0.1) is 0 Å². The Morgan fingerprint density at radius 3 is 3.27 bits per heavy atom. The van der Waals surface area contributed by atoms with E-state index in [1.807, 2.05) is 12.1 Å². The summed E-state index contributed by atoms with van der Waals surface area (Å²) < 4.78 is 5.79. The molecule has 1 aliphatic carbocycles. The summed E-state index contributed by atoms with van der Waals surface area (Å²) in [5.41, 5.74) is 2.48. The lowest BCUT2D eigenvalue weighted by Gasteiger charge is -2.37. The molecule has 1 heterocycles. The number of rotatable bonds is 0. The number of fused-ring (bicyclic) bond motifs is 3. The van der Waals surface area contributed by atoms with Gasteiger partial charge in [0.15, 0.2) is 0 Å².